The summed E-state index contributed by atoms with van der Waals surface area (Å²) in [5, 5.41) is 5.45. The minimum Gasteiger partial charge on any atom is -0.467 e. The molecule has 0 radical (unpaired) electrons. The smallest absolute Gasteiger partial charge is 0.283 e. The minimum atomic E-state index is -0.603. The van der Waals surface area contributed by atoms with Crippen LogP contribution in [0.25, 0.3) is 0 Å². The summed E-state index contributed by atoms with van der Waals surface area (Å²) in [5.74, 6) is -0.516. The molecule has 0 saturated heterocycles. The van der Waals surface area contributed by atoms with Crippen LogP contribution in [0.5, 0.6) is 0 Å². The number of anilines is 2. The van der Waals surface area contributed by atoms with Gasteiger partial charge in [-0.3, -0.25) is 14.4 Å². The van der Waals surface area contributed by atoms with Crippen LogP contribution in [0.4, 0.5) is 11.4 Å². The lowest BCUT2D eigenvalue weighted by molar-refractivity contribution is -0.120. The van der Waals surface area contributed by atoms with E-state index in [0.717, 1.165) is 10.5 Å². The fourth-order valence-corrected chi connectivity index (χ4v) is 3.63. The predicted octanol–water partition coefficient (Wildman–Crippen LogP) is 4.77. The first-order valence-electron chi connectivity index (χ1n) is 10.4. The molecule has 0 fully saturated rings. The standard InChI is InChI=1S/C25H22ClN3O4/c1-15(2)16-8-10-19(11-9-16)29-24(31)21(26)22(25(29)32)28-18-6-3-5-17(13-18)23(30)27-14-20-7-4-12-33-20/h3-13,15,28H,14H2,1-2H3,(H,27,30). The number of nitrogens with zero attached hydrogens (tertiary/aromatic N) is 1. The molecule has 0 saturated carbocycles. The highest BCUT2D eigenvalue weighted by Crippen LogP contribution is 2.31. The van der Waals surface area contributed by atoms with Crippen molar-refractivity contribution in [3.05, 3.63) is 94.5 Å². The van der Waals surface area contributed by atoms with Crippen molar-refractivity contribution in [3.63, 3.8) is 0 Å². The fourth-order valence-electron chi connectivity index (χ4n) is 3.42. The number of rotatable bonds is 7. The van der Waals surface area contributed by atoms with Gasteiger partial charge in [0.1, 0.15) is 16.5 Å². The third-order valence-corrected chi connectivity index (χ3v) is 5.59. The number of hydrogen-bond donors (Lipinski definition) is 2. The second-order valence-corrected chi connectivity index (χ2v) is 8.23. The van der Waals surface area contributed by atoms with Crippen LogP contribution in [0.3, 0.4) is 0 Å². The van der Waals surface area contributed by atoms with Gasteiger partial charge in [0.25, 0.3) is 17.7 Å². The molecular formula is C25H22ClN3O4. The molecule has 3 amide bonds. The maximum atomic E-state index is 13.0. The van der Waals surface area contributed by atoms with Crippen LogP contribution in [-0.4, -0.2) is 17.7 Å². The molecule has 0 unspecified atom stereocenters. The van der Waals surface area contributed by atoms with E-state index in [1.54, 1.807) is 48.5 Å². The second-order valence-electron chi connectivity index (χ2n) is 7.85. The molecule has 7 nitrogen and oxygen atoms in total. The van der Waals surface area contributed by atoms with Gasteiger partial charge in [-0.25, -0.2) is 4.90 Å². The molecule has 2 heterocycles. The van der Waals surface area contributed by atoms with E-state index in [0.29, 0.717) is 28.6 Å². The van der Waals surface area contributed by atoms with Crippen molar-refractivity contribution in [1.29, 1.82) is 0 Å². The second kappa shape index (κ2) is 9.34. The van der Waals surface area contributed by atoms with Gasteiger partial charge in [0.2, 0.25) is 0 Å². The van der Waals surface area contributed by atoms with Gasteiger partial charge in [-0.15, -0.1) is 0 Å². The highest BCUT2D eigenvalue weighted by atomic mass is 35.5. The molecule has 3 aromatic rings. The summed E-state index contributed by atoms with van der Waals surface area (Å²) >= 11 is 6.22. The maximum Gasteiger partial charge on any atom is 0.283 e. The van der Waals surface area contributed by atoms with Crippen LogP contribution in [0.1, 0.15) is 41.4 Å². The molecule has 0 atom stereocenters. The van der Waals surface area contributed by atoms with Crippen molar-refractivity contribution in [1.82, 2.24) is 5.32 Å². The molecule has 0 spiro atoms. The summed E-state index contributed by atoms with van der Waals surface area (Å²) < 4.78 is 5.21. The Bertz CT molecular complexity index is 1230. The Labute approximate surface area is 196 Å². The van der Waals surface area contributed by atoms with E-state index < -0.39 is 11.8 Å². The number of imide groups is 1. The van der Waals surface area contributed by atoms with Crippen LogP contribution >= 0.6 is 11.6 Å². The van der Waals surface area contributed by atoms with E-state index in [4.69, 9.17) is 16.0 Å². The first-order chi connectivity index (χ1) is 15.8. The predicted molar refractivity (Wildman–Crippen MR) is 126 cm³/mol. The Kier molecular flexibility index (Phi) is 6.33. The van der Waals surface area contributed by atoms with Gasteiger partial charge in [-0.05, 0) is 53.9 Å². The summed E-state index contributed by atoms with van der Waals surface area (Å²) in [7, 11) is 0. The molecule has 1 aliphatic rings. The van der Waals surface area contributed by atoms with Crippen LogP contribution < -0.4 is 15.5 Å². The molecule has 33 heavy (non-hydrogen) atoms. The van der Waals surface area contributed by atoms with E-state index in [1.165, 1.54) is 6.26 Å². The molecule has 1 aromatic heterocycles. The lowest BCUT2D eigenvalue weighted by Crippen LogP contribution is -2.32. The SMILES string of the molecule is CC(C)c1ccc(N2C(=O)C(Cl)=C(Nc3cccc(C(=O)NCc4ccco4)c3)C2=O)cc1. The highest BCUT2D eigenvalue weighted by molar-refractivity contribution is 6.53. The number of furan rings is 1. The summed E-state index contributed by atoms with van der Waals surface area (Å²) in [6.07, 6.45) is 1.53. The number of nitrogens with one attached hydrogen (secondary N) is 2. The van der Waals surface area contributed by atoms with E-state index in [1.807, 2.05) is 12.1 Å². The lowest BCUT2D eigenvalue weighted by Gasteiger charge is -2.16. The van der Waals surface area contributed by atoms with Gasteiger partial charge in [-0.2, -0.15) is 0 Å². The fraction of sp³-hybridized carbons (Fsp3) is 0.160. The van der Waals surface area contributed by atoms with E-state index >= 15 is 0 Å². The molecule has 0 bridgehead atoms. The molecule has 2 aromatic carbocycles. The van der Waals surface area contributed by atoms with Gasteiger partial charge in [0.05, 0.1) is 18.5 Å². The first-order valence-corrected chi connectivity index (χ1v) is 10.8. The Hall–Kier alpha value is -3.84. The van der Waals surface area contributed by atoms with Gasteiger partial charge < -0.3 is 15.1 Å². The quantitative estimate of drug-likeness (QED) is 0.492. The third-order valence-electron chi connectivity index (χ3n) is 5.24. The van der Waals surface area contributed by atoms with Gasteiger partial charge in [-0.1, -0.05) is 43.6 Å². The molecule has 2 N–H and O–H groups in total. The van der Waals surface area contributed by atoms with Crippen LogP contribution in [-0.2, 0) is 16.1 Å². The van der Waals surface area contributed by atoms with Crippen molar-refractivity contribution in [3.8, 4) is 0 Å². The van der Waals surface area contributed by atoms with E-state index in [-0.39, 0.29) is 23.2 Å². The van der Waals surface area contributed by atoms with Crippen molar-refractivity contribution >= 4 is 40.7 Å². The molecule has 0 aliphatic carbocycles. The Morgan fingerprint density at radius 3 is 2.45 bits per heavy atom. The number of halogens is 1. The number of carbonyl (C=O) groups excluding carboxylic acids is 3. The van der Waals surface area contributed by atoms with E-state index in [2.05, 4.69) is 24.5 Å². The average Bonchev–Trinajstić information content (AvgIpc) is 3.41. The average molecular weight is 464 g/mol. The molecular weight excluding hydrogens is 442 g/mol. The molecule has 4 rings (SSSR count). The van der Waals surface area contributed by atoms with Crippen molar-refractivity contribution in [2.75, 3.05) is 10.2 Å². The van der Waals surface area contributed by atoms with Crippen LogP contribution in [0.2, 0.25) is 0 Å². The van der Waals surface area contributed by atoms with Gasteiger partial charge >= 0.3 is 0 Å². The zero-order valence-electron chi connectivity index (χ0n) is 18.1. The number of benzene rings is 2. The van der Waals surface area contributed by atoms with Crippen LogP contribution in [0, 0.1) is 0 Å². The van der Waals surface area contributed by atoms with Gasteiger partial charge in [0, 0.05) is 11.3 Å². The largest absolute Gasteiger partial charge is 0.467 e. The Balaban J connectivity index is 1.49. The molecule has 168 valence electrons. The zero-order chi connectivity index (χ0) is 23.5. The van der Waals surface area contributed by atoms with Gasteiger partial charge in [0.15, 0.2) is 0 Å². The molecule has 1 aliphatic heterocycles. The number of carbonyl (C=O) groups is 3. The maximum absolute atomic E-state index is 13.0. The third kappa shape index (κ3) is 4.68. The first kappa shape index (κ1) is 22.4. The number of hydrogen-bond acceptors (Lipinski definition) is 5. The van der Waals surface area contributed by atoms with Crippen molar-refractivity contribution < 1.29 is 18.8 Å². The summed E-state index contributed by atoms with van der Waals surface area (Å²) in [6.45, 7) is 4.37. The van der Waals surface area contributed by atoms with E-state index in [9.17, 15) is 14.4 Å². The molecule has 8 heteroatoms. The normalized spacial score (nSPS) is 13.8. The van der Waals surface area contributed by atoms with Crippen molar-refractivity contribution in [2.24, 2.45) is 0 Å². The summed E-state index contributed by atoms with van der Waals surface area (Å²) in [5.41, 5.74) is 2.32. The Morgan fingerprint density at radius 1 is 1.03 bits per heavy atom. The number of amides is 3. The zero-order valence-corrected chi connectivity index (χ0v) is 18.8. The topological polar surface area (TPSA) is 91.7 Å². The lowest BCUT2D eigenvalue weighted by atomic mass is 10.0. The van der Waals surface area contributed by atoms with Crippen LogP contribution in [0.15, 0.2) is 82.1 Å². The summed E-state index contributed by atoms with van der Waals surface area (Å²) in [6, 6.07) is 17.3. The Morgan fingerprint density at radius 2 is 1.79 bits per heavy atom. The van der Waals surface area contributed by atoms with Crippen molar-refractivity contribution in [2.45, 2.75) is 26.3 Å². The summed E-state index contributed by atoms with van der Waals surface area (Å²) in [4.78, 5) is 39.2. The monoisotopic (exact) mass is 463 g/mol. The minimum absolute atomic E-state index is 0.0391. The highest BCUT2D eigenvalue weighted by Gasteiger charge is 2.39.